The number of carbonyl (C=O) groups excluding carboxylic acids is 1. The summed E-state index contributed by atoms with van der Waals surface area (Å²) in [6, 6.07) is 4.07. The van der Waals surface area contributed by atoms with Crippen molar-refractivity contribution in [3.8, 4) is 0 Å². The molecule has 0 amide bonds. The van der Waals surface area contributed by atoms with E-state index in [9.17, 15) is 19.4 Å². The van der Waals surface area contributed by atoms with Gasteiger partial charge in [0, 0.05) is 5.56 Å². The van der Waals surface area contributed by atoms with E-state index in [2.05, 4.69) is 0 Å². The summed E-state index contributed by atoms with van der Waals surface area (Å²) in [6.07, 6.45) is -1.99. The van der Waals surface area contributed by atoms with Gasteiger partial charge in [-0.15, -0.1) is 0 Å². The molecule has 0 bridgehead atoms. The van der Waals surface area contributed by atoms with Crippen LogP contribution < -0.4 is 5.73 Å². The molecule has 2 unspecified atom stereocenters. The van der Waals surface area contributed by atoms with Gasteiger partial charge in [0.15, 0.2) is 6.29 Å². The number of aliphatic hydroxyl groups excluding tert-OH is 2. The van der Waals surface area contributed by atoms with Crippen molar-refractivity contribution in [2.75, 3.05) is 6.54 Å². The Hall–Kier alpha value is -1.30. The second-order valence-electron chi connectivity index (χ2n) is 3.46. The molecule has 16 heavy (non-hydrogen) atoms. The molecule has 0 aromatic heterocycles. The third kappa shape index (κ3) is 2.63. The van der Waals surface area contributed by atoms with E-state index in [0.717, 1.165) is 0 Å². The smallest absolute Gasteiger partial charge is 0.153 e. The van der Waals surface area contributed by atoms with Crippen molar-refractivity contribution in [1.82, 2.24) is 0 Å². The van der Waals surface area contributed by atoms with Gasteiger partial charge in [-0.2, -0.15) is 0 Å². The number of aliphatic hydroxyl groups is 2. The van der Waals surface area contributed by atoms with Crippen LogP contribution in [0.4, 0.5) is 4.39 Å². The first-order valence-corrected chi connectivity index (χ1v) is 4.91. The summed E-state index contributed by atoms with van der Waals surface area (Å²) >= 11 is 0. The monoisotopic (exact) mass is 227 g/mol. The molecular weight excluding hydrogens is 213 g/mol. The van der Waals surface area contributed by atoms with Gasteiger partial charge in [0.05, 0.1) is 11.7 Å². The minimum absolute atomic E-state index is 0.0921. The van der Waals surface area contributed by atoms with Gasteiger partial charge >= 0.3 is 0 Å². The maximum absolute atomic E-state index is 13.6. The molecule has 88 valence electrons. The average Bonchev–Trinajstić information content (AvgIpc) is 2.29. The van der Waals surface area contributed by atoms with Crippen LogP contribution in [0.25, 0.3) is 0 Å². The molecule has 1 rings (SSSR count). The lowest BCUT2D eigenvalue weighted by Crippen LogP contribution is -2.22. The van der Waals surface area contributed by atoms with E-state index in [4.69, 9.17) is 5.73 Å². The van der Waals surface area contributed by atoms with Gasteiger partial charge in [-0.25, -0.2) is 4.39 Å². The number of aldehydes is 1. The van der Waals surface area contributed by atoms with Crippen molar-refractivity contribution in [2.24, 2.45) is 5.73 Å². The van der Waals surface area contributed by atoms with Crippen LogP contribution >= 0.6 is 0 Å². The molecule has 2 atom stereocenters. The Morgan fingerprint density at radius 2 is 2.12 bits per heavy atom. The third-order valence-electron chi connectivity index (χ3n) is 2.33. The fourth-order valence-electron chi connectivity index (χ4n) is 1.42. The molecule has 0 saturated carbocycles. The molecule has 0 aliphatic carbocycles. The van der Waals surface area contributed by atoms with Gasteiger partial charge < -0.3 is 15.9 Å². The van der Waals surface area contributed by atoms with E-state index in [1.165, 1.54) is 18.2 Å². The lowest BCUT2D eigenvalue weighted by Gasteiger charge is -2.18. The van der Waals surface area contributed by atoms with Crippen LogP contribution in [0, 0.1) is 5.82 Å². The first-order valence-electron chi connectivity index (χ1n) is 4.91. The van der Waals surface area contributed by atoms with Crippen molar-refractivity contribution in [3.63, 3.8) is 0 Å². The molecule has 1 aromatic rings. The van der Waals surface area contributed by atoms with E-state index < -0.39 is 18.0 Å². The van der Waals surface area contributed by atoms with E-state index in [1.807, 2.05) is 0 Å². The molecule has 0 saturated heterocycles. The molecule has 0 radical (unpaired) electrons. The molecule has 4 N–H and O–H groups in total. The number of halogens is 1. The Bertz CT molecular complexity index is 370. The molecule has 0 aliphatic rings. The molecule has 1 aromatic carbocycles. The Balaban J connectivity index is 2.99. The Labute approximate surface area is 92.5 Å². The first-order chi connectivity index (χ1) is 7.61. The number of nitrogens with two attached hydrogens (primary N) is 1. The highest BCUT2D eigenvalue weighted by atomic mass is 19.1. The van der Waals surface area contributed by atoms with Crippen molar-refractivity contribution in [2.45, 2.75) is 18.6 Å². The maximum atomic E-state index is 13.6. The number of rotatable bonds is 5. The molecule has 0 fully saturated rings. The van der Waals surface area contributed by atoms with Crippen LogP contribution in [0.5, 0.6) is 0 Å². The van der Waals surface area contributed by atoms with Gasteiger partial charge in [0.2, 0.25) is 0 Å². The van der Waals surface area contributed by atoms with E-state index in [0.29, 0.717) is 6.29 Å². The summed E-state index contributed by atoms with van der Waals surface area (Å²) in [4.78, 5) is 10.5. The maximum Gasteiger partial charge on any atom is 0.153 e. The standard InChI is InChI=1S/C11H14FNO3/c12-10-7(6-14)2-1-3-8(10)11(16)9(15)4-5-13/h1-3,6,9,11,15-16H,4-5,13H2. The summed E-state index contributed by atoms with van der Waals surface area (Å²) in [5.41, 5.74) is 4.98. The van der Waals surface area contributed by atoms with Gasteiger partial charge in [0.1, 0.15) is 11.9 Å². The van der Waals surface area contributed by atoms with Crippen molar-refractivity contribution < 1.29 is 19.4 Å². The lowest BCUT2D eigenvalue weighted by molar-refractivity contribution is 0.0129. The van der Waals surface area contributed by atoms with Crippen LogP contribution in [0.1, 0.15) is 28.4 Å². The van der Waals surface area contributed by atoms with Crippen LogP contribution in [0.15, 0.2) is 18.2 Å². The number of carbonyl (C=O) groups is 1. The van der Waals surface area contributed by atoms with Crippen LogP contribution in [0.2, 0.25) is 0 Å². The van der Waals surface area contributed by atoms with Gasteiger partial charge in [-0.05, 0) is 19.0 Å². The normalized spacial score (nSPS) is 14.5. The topological polar surface area (TPSA) is 83.6 Å². The fraction of sp³-hybridized carbons (Fsp3) is 0.364. The van der Waals surface area contributed by atoms with E-state index in [-0.39, 0.29) is 24.1 Å². The number of hydrogen-bond donors (Lipinski definition) is 3. The summed E-state index contributed by atoms with van der Waals surface area (Å²) in [6.45, 7) is 0.188. The largest absolute Gasteiger partial charge is 0.390 e. The number of benzene rings is 1. The summed E-state index contributed by atoms with van der Waals surface area (Å²) in [5, 5.41) is 19.1. The molecular formula is C11H14FNO3. The Morgan fingerprint density at radius 1 is 1.44 bits per heavy atom. The second kappa shape index (κ2) is 5.69. The predicted octanol–water partition coefficient (Wildman–Crippen LogP) is 0.381. The minimum Gasteiger partial charge on any atom is -0.390 e. The zero-order valence-corrected chi connectivity index (χ0v) is 8.64. The van der Waals surface area contributed by atoms with Gasteiger partial charge in [0.25, 0.3) is 0 Å². The molecule has 0 aliphatic heterocycles. The van der Waals surface area contributed by atoms with Crippen molar-refractivity contribution >= 4 is 6.29 Å². The summed E-state index contributed by atoms with van der Waals surface area (Å²) < 4.78 is 13.6. The Kier molecular flexibility index (Phi) is 4.54. The van der Waals surface area contributed by atoms with Crippen LogP contribution in [-0.2, 0) is 0 Å². The van der Waals surface area contributed by atoms with E-state index in [1.54, 1.807) is 0 Å². The highest BCUT2D eigenvalue weighted by Crippen LogP contribution is 2.23. The molecule has 0 heterocycles. The van der Waals surface area contributed by atoms with Gasteiger partial charge in [-0.3, -0.25) is 4.79 Å². The quantitative estimate of drug-likeness (QED) is 0.635. The van der Waals surface area contributed by atoms with Crippen LogP contribution in [-0.4, -0.2) is 29.1 Å². The van der Waals surface area contributed by atoms with E-state index >= 15 is 0 Å². The zero-order chi connectivity index (χ0) is 12.1. The third-order valence-corrected chi connectivity index (χ3v) is 2.33. The highest BCUT2D eigenvalue weighted by Gasteiger charge is 2.22. The van der Waals surface area contributed by atoms with Crippen molar-refractivity contribution in [1.29, 1.82) is 0 Å². The number of hydrogen-bond acceptors (Lipinski definition) is 4. The van der Waals surface area contributed by atoms with Gasteiger partial charge in [-0.1, -0.05) is 12.1 Å². The zero-order valence-electron chi connectivity index (χ0n) is 8.64. The van der Waals surface area contributed by atoms with Crippen molar-refractivity contribution in [3.05, 3.63) is 35.1 Å². The summed E-state index contributed by atoms with van der Waals surface area (Å²) in [5.74, 6) is -0.805. The minimum atomic E-state index is -1.37. The lowest BCUT2D eigenvalue weighted by atomic mass is 9.99. The average molecular weight is 227 g/mol. The first kappa shape index (κ1) is 12.8. The highest BCUT2D eigenvalue weighted by molar-refractivity contribution is 5.75. The SMILES string of the molecule is NCCC(O)C(O)c1cccc(C=O)c1F. The molecule has 4 nitrogen and oxygen atoms in total. The molecule has 0 spiro atoms. The Morgan fingerprint density at radius 3 is 2.69 bits per heavy atom. The predicted molar refractivity (Wildman–Crippen MR) is 56.4 cm³/mol. The summed E-state index contributed by atoms with van der Waals surface area (Å²) in [7, 11) is 0. The fourth-order valence-corrected chi connectivity index (χ4v) is 1.42. The second-order valence-corrected chi connectivity index (χ2v) is 3.46. The molecule has 5 heteroatoms. The van der Waals surface area contributed by atoms with Crippen LogP contribution in [0.3, 0.4) is 0 Å².